The van der Waals surface area contributed by atoms with E-state index < -0.39 is 12.0 Å². The molecule has 5 nitrogen and oxygen atoms in total. The SMILES string of the molecule is CC(C)NC(CCOCC1CCCCO1)C(=O)O. The molecule has 1 saturated heterocycles. The minimum absolute atomic E-state index is 0.160. The van der Waals surface area contributed by atoms with Gasteiger partial charge < -0.3 is 19.9 Å². The summed E-state index contributed by atoms with van der Waals surface area (Å²) in [6.07, 6.45) is 4.06. The van der Waals surface area contributed by atoms with E-state index in [0.717, 1.165) is 19.4 Å². The highest BCUT2D eigenvalue weighted by Gasteiger charge is 2.18. The summed E-state index contributed by atoms with van der Waals surface area (Å²) in [5, 5.41) is 12.0. The molecule has 1 aliphatic heterocycles. The number of carboxylic acids is 1. The van der Waals surface area contributed by atoms with Crippen molar-refractivity contribution in [2.24, 2.45) is 0 Å². The summed E-state index contributed by atoms with van der Waals surface area (Å²) >= 11 is 0. The first-order valence-electron chi connectivity index (χ1n) is 6.77. The van der Waals surface area contributed by atoms with E-state index in [4.69, 9.17) is 14.6 Å². The third-order valence-electron chi connectivity index (χ3n) is 2.96. The Labute approximate surface area is 109 Å². The summed E-state index contributed by atoms with van der Waals surface area (Å²) in [6, 6.07) is -0.370. The fourth-order valence-corrected chi connectivity index (χ4v) is 2.04. The summed E-state index contributed by atoms with van der Waals surface area (Å²) in [7, 11) is 0. The van der Waals surface area contributed by atoms with Gasteiger partial charge in [-0.3, -0.25) is 4.79 Å². The first kappa shape index (κ1) is 15.4. The van der Waals surface area contributed by atoms with Crippen molar-refractivity contribution >= 4 is 5.97 Å². The lowest BCUT2D eigenvalue weighted by Gasteiger charge is -2.23. The van der Waals surface area contributed by atoms with Crippen LogP contribution in [0.2, 0.25) is 0 Å². The van der Waals surface area contributed by atoms with Gasteiger partial charge in [0.2, 0.25) is 0 Å². The van der Waals surface area contributed by atoms with Crippen molar-refractivity contribution in [3.8, 4) is 0 Å². The monoisotopic (exact) mass is 259 g/mol. The molecule has 0 spiro atoms. The highest BCUT2D eigenvalue weighted by Crippen LogP contribution is 2.12. The Balaban J connectivity index is 2.12. The Hall–Kier alpha value is -0.650. The molecule has 0 aromatic rings. The van der Waals surface area contributed by atoms with Crippen LogP contribution in [0.4, 0.5) is 0 Å². The molecule has 18 heavy (non-hydrogen) atoms. The standard InChI is InChI=1S/C13H25NO4/c1-10(2)14-12(13(15)16)6-8-17-9-11-5-3-4-7-18-11/h10-12,14H,3-9H2,1-2H3,(H,15,16). The molecule has 2 atom stereocenters. The van der Waals surface area contributed by atoms with Crippen molar-refractivity contribution in [2.75, 3.05) is 19.8 Å². The van der Waals surface area contributed by atoms with Gasteiger partial charge in [-0.2, -0.15) is 0 Å². The maximum Gasteiger partial charge on any atom is 0.320 e. The van der Waals surface area contributed by atoms with E-state index in [1.54, 1.807) is 0 Å². The molecule has 0 amide bonds. The quantitative estimate of drug-likeness (QED) is 0.645. The first-order valence-corrected chi connectivity index (χ1v) is 6.77. The van der Waals surface area contributed by atoms with E-state index in [1.165, 1.54) is 6.42 Å². The molecule has 1 rings (SSSR count). The zero-order valence-electron chi connectivity index (χ0n) is 11.4. The van der Waals surface area contributed by atoms with Crippen LogP contribution in [0.25, 0.3) is 0 Å². The molecule has 0 aromatic heterocycles. The maximum absolute atomic E-state index is 11.0. The number of carboxylic acid groups (broad SMARTS) is 1. The fourth-order valence-electron chi connectivity index (χ4n) is 2.04. The van der Waals surface area contributed by atoms with Gasteiger partial charge in [0.25, 0.3) is 0 Å². The van der Waals surface area contributed by atoms with Gasteiger partial charge in [-0.05, 0) is 25.7 Å². The average Bonchev–Trinajstić information content (AvgIpc) is 2.33. The van der Waals surface area contributed by atoms with Crippen LogP contribution in [0, 0.1) is 0 Å². The largest absolute Gasteiger partial charge is 0.480 e. The van der Waals surface area contributed by atoms with E-state index in [2.05, 4.69) is 5.32 Å². The number of nitrogens with one attached hydrogen (secondary N) is 1. The van der Waals surface area contributed by atoms with Crippen LogP contribution in [0.15, 0.2) is 0 Å². The number of hydrogen-bond acceptors (Lipinski definition) is 4. The van der Waals surface area contributed by atoms with Gasteiger partial charge in [0.05, 0.1) is 12.7 Å². The lowest BCUT2D eigenvalue weighted by Crippen LogP contribution is -2.41. The minimum Gasteiger partial charge on any atom is -0.480 e. The minimum atomic E-state index is -0.818. The van der Waals surface area contributed by atoms with E-state index in [-0.39, 0.29) is 12.1 Å². The van der Waals surface area contributed by atoms with Crippen LogP contribution in [-0.2, 0) is 14.3 Å². The Morgan fingerprint density at radius 1 is 1.50 bits per heavy atom. The van der Waals surface area contributed by atoms with Crippen molar-refractivity contribution in [3.05, 3.63) is 0 Å². The third-order valence-corrected chi connectivity index (χ3v) is 2.96. The molecule has 0 radical (unpaired) electrons. The second kappa shape index (κ2) is 8.45. The van der Waals surface area contributed by atoms with E-state index >= 15 is 0 Å². The van der Waals surface area contributed by atoms with Crippen LogP contribution >= 0.6 is 0 Å². The van der Waals surface area contributed by atoms with Gasteiger partial charge in [0.1, 0.15) is 6.04 Å². The van der Waals surface area contributed by atoms with Gasteiger partial charge in [-0.15, -0.1) is 0 Å². The van der Waals surface area contributed by atoms with Crippen molar-refractivity contribution in [1.29, 1.82) is 0 Å². The Bertz CT molecular complexity index is 239. The zero-order chi connectivity index (χ0) is 13.4. The predicted octanol–water partition coefficient (Wildman–Crippen LogP) is 1.41. The zero-order valence-corrected chi connectivity index (χ0v) is 11.4. The molecule has 0 aromatic carbocycles. The van der Waals surface area contributed by atoms with Crippen LogP contribution in [0.3, 0.4) is 0 Å². The Morgan fingerprint density at radius 3 is 2.83 bits per heavy atom. The highest BCUT2D eigenvalue weighted by molar-refractivity contribution is 5.73. The molecule has 2 N–H and O–H groups in total. The third kappa shape index (κ3) is 6.33. The van der Waals surface area contributed by atoms with Gasteiger partial charge >= 0.3 is 5.97 Å². The number of ether oxygens (including phenoxy) is 2. The summed E-state index contributed by atoms with van der Waals surface area (Å²) in [6.45, 7) is 5.73. The topological polar surface area (TPSA) is 67.8 Å². The maximum atomic E-state index is 11.0. The fraction of sp³-hybridized carbons (Fsp3) is 0.923. The van der Waals surface area contributed by atoms with Gasteiger partial charge in [0.15, 0.2) is 0 Å². The molecule has 1 heterocycles. The van der Waals surface area contributed by atoms with Gasteiger partial charge in [-0.25, -0.2) is 0 Å². The molecule has 0 aliphatic carbocycles. The normalized spacial score (nSPS) is 22.1. The Morgan fingerprint density at radius 2 is 2.28 bits per heavy atom. The summed E-state index contributed by atoms with van der Waals surface area (Å²) in [5.41, 5.74) is 0. The van der Waals surface area contributed by atoms with E-state index in [0.29, 0.717) is 19.6 Å². The highest BCUT2D eigenvalue weighted by atomic mass is 16.5. The van der Waals surface area contributed by atoms with Crippen molar-refractivity contribution in [2.45, 2.75) is 57.7 Å². The molecule has 0 saturated carbocycles. The summed E-state index contributed by atoms with van der Waals surface area (Å²) in [5.74, 6) is -0.818. The molecule has 1 fully saturated rings. The van der Waals surface area contributed by atoms with Crippen LogP contribution in [-0.4, -0.2) is 49.1 Å². The molecular weight excluding hydrogens is 234 g/mol. The van der Waals surface area contributed by atoms with Crippen molar-refractivity contribution < 1.29 is 19.4 Å². The van der Waals surface area contributed by atoms with E-state index in [1.807, 2.05) is 13.8 Å². The van der Waals surface area contributed by atoms with Crippen molar-refractivity contribution in [3.63, 3.8) is 0 Å². The molecule has 1 aliphatic rings. The average molecular weight is 259 g/mol. The van der Waals surface area contributed by atoms with Gasteiger partial charge in [0, 0.05) is 19.3 Å². The predicted molar refractivity (Wildman–Crippen MR) is 68.7 cm³/mol. The van der Waals surface area contributed by atoms with Gasteiger partial charge in [-0.1, -0.05) is 13.8 Å². The number of hydrogen-bond donors (Lipinski definition) is 2. The second-order valence-corrected chi connectivity index (χ2v) is 5.06. The Kier molecular flexibility index (Phi) is 7.23. The molecule has 2 unspecified atom stereocenters. The first-order chi connectivity index (χ1) is 8.59. The lowest BCUT2D eigenvalue weighted by atomic mass is 10.1. The van der Waals surface area contributed by atoms with Crippen molar-refractivity contribution in [1.82, 2.24) is 5.32 Å². The molecule has 0 bridgehead atoms. The number of rotatable bonds is 8. The molecule has 5 heteroatoms. The summed E-state index contributed by atoms with van der Waals surface area (Å²) < 4.78 is 11.0. The van der Waals surface area contributed by atoms with Crippen LogP contribution < -0.4 is 5.32 Å². The molecular formula is C13H25NO4. The lowest BCUT2D eigenvalue weighted by molar-refractivity contribution is -0.140. The number of carbonyl (C=O) groups is 1. The molecule has 106 valence electrons. The second-order valence-electron chi connectivity index (χ2n) is 5.06. The summed E-state index contributed by atoms with van der Waals surface area (Å²) in [4.78, 5) is 11.0. The van der Waals surface area contributed by atoms with E-state index in [9.17, 15) is 4.79 Å². The smallest absolute Gasteiger partial charge is 0.320 e. The number of aliphatic carboxylic acids is 1. The van der Waals surface area contributed by atoms with Crippen LogP contribution in [0.1, 0.15) is 39.5 Å². The van der Waals surface area contributed by atoms with Crippen LogP contribution in [0.5, 0.6) is 0 Å².